The molecule has 108 valence electrons. The third-order valence-electron chi connectivity index (χ3n) is 3.07. The molecule has 0 fully saturated rings. The predicted molar refractivity (Wildman–Crippen MR) is 78.4 cm³/mol. The first-order chi connectivity index (χ1) is 8.43. The van der Waals surface area contributed by atoms with E-state index < -0.39 is 0 Å². The minimum atomic E-state index is -0.342. The van der Waals surface area contributed by atoms with Gasteiger partial charge in [-0.3, -0.25) is 4.79 Å². The van der Waals surface area contributed by atoms with Crippen LogP contribution in [0.1, 0.15) is 66.2 Å². The number of carbonyl (C=O) groups excluding carboxylic acids is 1. The summed E-state index contributed by atoms with van der Waals surface area (Å²) in [4.78, 5) is 11.6. The van der Waals surface area contributed by atoms with Crippen molar-refractivity contribution >= 4 is 5.91 Å². The van der Waals surface area contributed by atoms with Gasteiger partial charge in [0.25, 0.3) is 0 Å². The summed E-state index contributed by atoms with van der Waals surface area (Å²) in [6, 6.07) is -0.342. The molecule has 0 aromatic carbocycles. The van der Waals surface area contributed by atoms with Gasteiger partial charge in [0.1, 0.15) is 0 Å². The van der Waals surface area contributed by atoms with Crippen LogP contribution >= 0.6 is 0 Å². The second kappa shape index (κ2) is 10.4. The Morgan fingerprint density at radius 2 is 1.61 bits per heavy atom. The molecule has 1 amide bonds. The van der Waals surface area contributed by atoms with E-state index in [0.29, 0.717) is 5.92 Å². The Bertz CT molecular complexity index is 215. The Balaban J connectivity index is 3.40. The molecule has 0 aromatic heterocycles. The molecule has 3 heteroatoms. The summed E-state index contributed by atoms with van der Waals surface area (Å²) in [5.74, 6) is 1.28. The maximum absolute atomic E-state index is 11.6. The van der Waals surface area contributed by atoms with Gasteiger partial charge in [0, 0.05) is 6.54 Å². The third-order valence-corrected chi connectivity index (χ3v) is 3.07. The van der Waals surface area contributed by atoms with Gasteiger partial charge in [-0.15, -0.1) is 0 Å². The van der Waals surface area contributed by atoms with Crippen LogP contribution in [0, 0.1) is 11.8 Å². The first kappa shape index (κ1) is 17.4. The number of rotatable bonds is 10. The highest BCUT2D eigenvalue weighted by Crippen LogP contribution is 2.09. The van der Waals surface area contributed by atoms with Gasteiger partial charge in [0.15, 0.2) is 0 Å². The van der Waals surface area contributed by atoms with Crippen LogP contribution in [-0.4, -0.2) is 18.5 Å². The van der Waals surface area contributed by atoms with Crippen LogP contribution in [0.5, 0.6) is 0 Å². The van der Waals surface area contributed by atoms with Crippen LogP contribution in [0.2, 0.25) is 0 Å². The molecule has 0 rings (SSSR count). The zero-order chi connectivity index (χ0) is 14.0. The van der Waals surface area contributed by atoms with Gasteiger partial charge in [-0.25, -0.2) is 0 Å². The van der Waals surface area contributed by atoms with Gasteiger partial charge >= 0.3 is 0 Å². The SMILES string of the molecule is CC(C)CCCCCCNC(=O)C(N)CC(C)C. The molecule has 0 spiro atoms. The van der Waals surface area contributed by atoms with Crippen molar-refractivity contribution in [3.8, 4) is 0 Å². The van der Waals surface area contributed by atoms with E-state index in [0.717, 1.165) is 25.3 Å². The van der Waals surface area contributed by atoms with Crippen molar-refractivity contribution in [2.75, 3.05) is 6.54 Å². The van der Waals surface area contributed by atoms with Crippen molar-refractivity contribution in [3.05, 3.63) is 0 Å². The molecule has 0 saturated carbocycles. The number of nitrogens with two attached hydrogens (primary N) is 1. The first-order valence-electron chi connectivity index (χ1n) is 7.46. The average Bonchev–Trinajstić information content (AvgIpc) is 2.26. The van der Waals surface area contributed by atoms with Gasteiger partial charge in [-0.2, -0.15) is 0 Å². The van der Waals surface area contributed by atoms with E-state index in [1.807, 2.05) is 0 Å². The molecule has 0 aliphatic carbocycles. The molecule has 0 heterocycles. The molecule has 1 unspecified atom stereocenters. The molecule has 1 atom stereocenters. The van der Waals surface area contributed by atoms with E-state index in [4.69, 9.17) is 5.73 Å². The van der Waals surface area contributed by atoms with E-state index in [2.05, 4.69) is 33.0 Å². The van der Waals surface area contributed by atoms with Crippen molar-refractivity contribution in [3.63, 3.8) is 0 Å². The minimum Gasteiger partial charge on any atom is -0.355 e. The van der Waals surface area contributed by atoms with Gasteiger partial charge in [-0.05, 0) is 24.7 Å². The number of unbranched alkanes of at least 4 members (excludes halogenated alkanes) is 3. The van der Waals surface area contributed by atoms with Crippen molar-refractivity contribution in [2.45, 2.75) is 72.3 Å². The lowest BCUT2D eigenvalue weighted by Crippen LogP contribution is -2.41. The fourth-order valence-corrected chi connectivity index (χ4v) is 1.99. The van der Waals surface area contributed by atoms with Crippen molar-refractivity contribution in [1.82, 2.24) is 5.32 Å². The number of hydrogen-bond donors (Lipinski definition) is 2. The van der Waals surface area contributed by atoms with Crippen LogP contribution in [0.4, 0.5) is 0 Å². The summed E-state index contributed by atoms with van der Waals surface area (Å²) in [5, 5.41) is 2.92. The maximum atomic E-state index is 11.6. The van der Waals surface area contributed by atoms with E-state index >= 15 is 0 Å². The molecule has 0 aliphatic heterocycles. The van der Waals surface area contributed by atoms with E-state index in [1.54, 1.807) is 0 Å². The molecular formula is C15H32N2O. The summed E-state index contributed by atoms with van der Waals surface area (Å²) in [6.45, 7) is 9.46. The van der Waals surface area contributed by atoms with E-state index in [-0.39, 0.29) is 11.9 Å². The van der Waals surface area contributed by atoms with Gasteiger partial charge in [0.05, 0.1) is 6.04 Å². The van der Waals surface area contributed by atoms with Gasteiger partial charge in [-0.1, -0.05) is 53.4 Å². The van der Waals surface area contributed by atoms with Crippen LogP contribution in [0.3, 0.4) is 0 Å². The van der Waals surface area contributed by atoms with Crippen LogP contribution in [0.15, 0.2) is 0 Å². The quantitative estimate of drug-likeness (QED) is 0.590. The Kier molecular flexibility index (Phi) is 10.0. The topological polar surface area (TPSA) is 55.1 Å². The highest BCUT2D eigenvalue weighted by molar-refractivity contribution is 5.81. The lowest BCUT2D eigenvalue weighted by molar-refractivity contribution is -0.122. The Labute approximate surface area is 113 Å². The second-order valence-corrected chi connectivity index (χ2v) is 6.12. The first-order valence-corrected chi connectivity index (χ1v) is 7.46. The van der Waals surface area contributed by atoms with E-state index in [1.165, 1.54) is 25.7 Å². The number of hydrogen-bond acceptors (Lipinski definition) is 2. The second-order valence-electron chi connectivity index (χ2n) is 6.12. The molecule has 0 radical (unpaired) electrons. The van der Waals surface area contributed by atoms with Gasteiger partial charge in [0.2, 0.25) is 5.91 Å². The highest BCUT2D eigenvalue weighted by atomic mass is 16.2. The third kappa shape index (κ3) is 10.6. The highest BCUT2D eigenvalue weighted by Gasteiger charge is 2.13. The van der Waals surface area contributed by atoms with Crippen LogP contribution in [-0.2, 0) is 4.79 Å². The Morgan fingerprint density at radius 3 is 2.17 bits per heavy atom. The molecule has 0 saturated heterocycles. The molecule has 18 heavy (non-hydrogen) atoms. The Hall–Kier alpha value is -0.570. The predicted octanol–water partition coefficient (Wildman–Crippen LogP) is 3.08. The normalized spacial score (nSPS) is 13.1. The maximum Gasteiger partial charge on any atom is 0.236 e. The number of amides is 1. The molecule has 3 N–H and O–H groups in total. The summed E-state index contributed by atoms with van der Waals surface area (Å²) < 4.78 is 0. The van der Waals surface area contributed by atoms with Crippen LogP contribution in [0.25, 0.3) is 0 Å². The number of carbonyl (C=O) groups is 1. The van der Waals surface area contributed by atoms with E-state index in [9.17, 15) is 4.79 Å². The fourth-order valence-electron chi connectivity index (χ4n) is 1.99. The summed E-state index contributed by atoms with van der Waals surface area (Å²) >= 11 is 0. The van der Waals surface area contributed by atoms with Gasteiger partial charge < -0.3 is 11.1 Å². The molecule has 0 bridgehead atoms. The minimum absolute atomic E-state index is 0.00544. The monoisotopic (exact) mass is 256 g/mol. The summed E-state index contributed by atoms with van der Waals surface area (Å²) in [7, 11) is 0. The smallest absolute Gasteiger partial charge is 0.236 e. The van der Waals surface area contributed by atoms with Crippen molar-refractivity contribution in [1.29, 1.82) is 0 Å². The summed E-state index contributed by atoms with van der Waals surface area (Å²) in [6.07, 6.45) is 6.92. The van der Waals surface area contributed by atoms with Crippen molar-refractivity contribution in [2.24, 2.45) is 17.6 Å². The lowest BCUT2D eigenvalue weighted by Gasteiger charge is -2.14. The zero-order valence-electron chi connectivity index (χ0n) is 12.7. The Morgan fingerprint density at radius 1 is 1.00 bits per heavy atom. The fraction of sp³-hybridized carbons (Fsp3) is 0.933. The molecule has 0 aromatic rings. The van der Waals surface area contributed by atoms with Crippen molar-refractivity contribution < 1.29 is 4.79 Å². The molecule has 0 aliphatic rings. The number of nitrogens with one attached hydrogen (secondary N) is 1. The summed E-state index contributed by atoms with van der Waals surface area (Å²) in [5.41, 5.74) is 5.80. The molecular weight excluding hydrogens is 224 g/mol. The molecule has 3 nitrogen and oxygen atoms in total. The largest absolute Gasteiger partial charge is 0.355 e. The standard InChI is InChI=1S/C15H32N2O/c1-12(2)9-7-5-6-8-10-17-15(18)14(16)11-13(3)4/h12-14H,5-11,16H2,1-4H3,(H,17,18). The van der Waals surface area contributed by atoms with Crippen LogP contribution < -0.4 is 11.1 Å². The lowest BCUT2D eigenvalue weighted by atomic mass is 10.0. The average molecular weight is 256 g/mol. The zero-order valence-corrected chi connectivity index (χ0v) is 12.7.